The fraction of sp³-hybridized carbons (Fsp3) is 0.933. The van der Waals surface area contributed by atoms with Crippen LogP contribution in [0.15, 0.2) is 0 Å². The SMILES string of the molecule is CC(C)C1CCCN1C(=O)CCOC1CCNCC1. The van der Waals surface area contributed by atoms with E-state index < -0.39 is 0 Å². The Morgan fingerprint density at radius 3 is 2.74 bits per heavy atom. The second-order valence-corrected chi connectivity index (χ2v) is 6.11. The minimum Gasteiger partial charge on any atom is -0.378 e. The Bertz CT molecular complexity index is 288. The van der Waals surface area contributed by atoms with Crippen molar-refractivity contribution in [2.24, 2.45) is 5.92 Å². The van der Waals surface area contributed by atoms with Gasteiger partial charge in [0.15, 0.2) is 0 Å². The van der Waals surface area contributed by atoms with Gasteiger partial charge in [0.2, 0.25) is 5.91 Å². The van der Waals surface area contributed by atoms with Gasteiger partial charge in [-0.2, -0.15) is 0 Å². The zero-order chi connectivity index (χ0) is 13.7. The lowest BCUT2D eigenvalue weighted by atomic mass is 10.0. The molecule has 19 heavy (non-hydrogen) atoms. The van der Waals surface area contributed by atoms with Crippen LogP contribution in [0.3, 0.4) is 0 Å². The predicted molar refractivity (Wildman–Crippen MR) is 76.0 cm³/mol. The van der Waals surface area contributed by atoms with E-state index in [1.54, 1.807) is 0 Å². The van der Waals surface area contributed by atoms with E-state index in [0.717, 1.165) is 38.9 Å². The maximum Gasteiger partial charge on any atom is 0.225 e. The Morgan fingerprint density at radius 2 is 2.05 bits per heavy atom. The summed E-state index contributed by atoms with van der Waals surface area (Å²) in [5.74, 6) is 0.849. The van der Waals surface area contributed by atoms with E-state index in [-0.39, 0.29) is 5.91 Å². The monoisotopic (exact) mass is 268 g/mol. The van der Waals surface area contributed by atoms with Crippen molar-refractivity contribution < 1.29 is 9.53 Å². The van der Waals surface area contributed by atoms with E-state index >= 15 is 0 Å². The lowest BCUT2D eigenvalue weighted by Crippen LogP contribution is -2.39. The molecule has 2 saturated heterocycles. The summed E-state index contributed by atoms with van der Waals surface area (Å²) in [7, 11) is 0. The number of rotatable bonds is 5. The van der Waals surface area contributed by atoms with Gasteiger partial charge in [0, 0.05) is 12.6 Å². The number of amides is 1. The van der Waals surface area contributed by atoms with Crippen molar-refractivity contribution in [1.82, 2.24) is 10.2 Å². The van der Waals surface area contributed by atoms with Crippen molar-refractivity contribution in [1.29, 1.82) is 0 Å². The van der Waals surface area contributed by atoms with Crippen LogP contribution in [0, 0.1) is 5.92 Å². The van der Waals surface area contributed by atoms with Crippen molar-refractivity contribution in [3.05, 3.63) is 0 Å². The van der Waals surface area contributed by atoms with E-state index in [4.69, 9.17) is 4.74 Å². The quantitative estimate of drug-likeness (QED) is 0.826. The van der Waals surface area contributed by atoms with Gasteiger partial charge in [-0.3, -0.25) is 4.79 Å². The van der Waals surface area contributed by atoms with Crippen LogP contribution in [-0.4, -0.2) is 49.2 Å². The van der Waals surface area contributed by atoms with Gasteiger partial charge in [-0.1, -0.05) is 13.8 Å². The summed E-state index contributed by atoms with van der Waals surface area (Å²) < 4.78 is 5.82. The molecular weight excluding hydrogens is 240 g/mol. The number of carbonyl (C=O) groups is 1. The minimum absolute atomic E-state index is 0.283. The molecule has 4 nitrogen and oxygen atoms in total. The molecule has 0 aromatic rings. The summed E-state index contributed by atoms with van der Waals surface area (Å²) in [6.45, 7) is 8.03. The Morgan fingerprint density at radius 1 is 1.32 bits per heavy atom. The molecule has 2 rings (SSSR count). The van der Waals surface area contributed by atoms with E-state index in [9.17, 15) is 4.79 Å². The smallest absolute Gasteiger partial charge is 0.225 e. The first-order valence-electron chi connectivity index (χ1n) is 7.80. The summed E-state index contributed by atoms with van der Waals surface area (Å²) >= 11 is 0. The van der Waals surface area contributed by atoms with Gasteiger partial charge in [0.25, 0.3) is 0 Å². The van der Waals surface area contributed by atoms with Gasteiger partial charge in [0.05, 0.1) is 19.1 Å². The molecule has 110 valence electrons. The zero-order valence-electron chi connectivity index (χ0n) is 12.4. The second-order valence-electron chi connectivity index (χ2n) is 6.11. The van der Waals surface area contributed by atoms with Crippen molar-refractivity contribution in [2.45, 2.75) is 58.1 Å². The zero-order valence-corrected chi connectivity index (χ0v) is 12.4. The predicted octanol–water partition coefficient (Wildman–Crippen LogP) is 1.79. The number of ether oxygens (including phenoxy) is 1. The first-order valence-corrected chi connectivity index (χ1v) is 7.80. The van der Waals surface area contributed by atoms with Gasteiger partial charge >= 0.3 is 0 Å². The molecule has 2 fully saturated rings. The van der Waals surface area contributed by atoms with Crippen LogP contribution in [0.4, 0.5) is 0 Å². The van der Waals surface area contributed by atoms with Crippen molar-refractivity contribution in [2.75, 3.05) is 26.2 Å². The Labute approximate surface area is 116 Å². The third kappa shape index (κ3) is 4.18. The molecule has 1 unspecified atom stereocenters. The van der Waals surface area contributed by atoms with Gasteiger partial charge in [-0.05, 0) is 44.7 Å². The molecule has 0 aromatic heterocycles. The molecule has 4 heteroatoms. The molecule has 0 bridgehead atoms. The average molecular weight is 268 g/mol. The first kappa shape index (κ1) is 14.8. The van der Waals surface area contributed by atoms with E-state index in [1.165, 1.54) is 6.42 Å². The fourth-order valence-corrected chi connectivity index (χ4v) is 3.21. The Balaban J connectivity index is 1.68. The van der Waals surface area contributed by atoms with Gasteiger partial charge in [-0.25, -0.2) is 0 Å². The highest BCUT2D eigenvalue weighted by molar-refractivity contribution is 5.77. The van der Waals surface area contributed by atoms with Crippen LogP contribution in [0.25, 0.3) is 0 Å². The van der Waals surface area contributed by atoms with Gasteiger partial charge < -0.3 is 15.0 Å². The van der Waals surface area contributed by atoms with Crippen LogP contribution < -0.4 is 5.32 Å². The van der Waals surface area contributed by atoms with Crippen LogP contribution in [0.5, 0.6) is 0 Å². The summed E-state index contributed by atoms with van der Waals surface area (Å²) in [5, 5.41) is 3.32. The number of hydrogen-bond donors (Lipinski definition) is 1. The van der Waals surface area contributed by atoms with E-state index in [0.29, 0.717) is 31.1 Å². The van der Waals surface area contributed by atoms with Crippen molar-refractivity contribution in [3.63, 3.8) is 0 Å². The molecule has 2 aliphatic rings. The Kier molecular flexibility index (Phi) is 5.64. The highest BCUT2D eigenvalue weighted by Crippen LogP contribution is 2.24. The maximum absolute atomic E-state index is 12.2. The third-order valence-electron chi connectivity index (χ3n) is 4.34. The number of carbonyl (C=O) groups excluding carboxylic acids is 1. The first-order chi connectivity index (χ1) is 9.18. The molecule has 2 heterocycles. The molecule has 0 aliphatic carbocycles. The van der Waals surface area contributed by atoms with Crippen LogP contribution in [0.2, 0.25) is 0 Å². The highest BCUT2D eigenvalue weighted by Gasteiger charge is 2.30. The van der Waals surface area contributed by atoms with Crippen LogP contribution in [-0.2, 0) is 9.53 Å². The van der Waals surface area contributed by atoms with Gasteiger partial charge in [0.1, 0.15) is 0 Å². The summed E-state index contributed by atoms with van der Waals surface area (Å²) in [6, 6.07) is 0.450. The largest absolute Gasteiger partial charge is 0.378 e. The lowest BCUT2D eigenvalue weighted by molar-refractivity contribution is -0.134. The molecule has 0 aromatic carbocycles. The van der Waals surface area contributed by atoms with Crippen molar-refractivity contribution >= 4 is 5.91 Å². The average Bonchev–Trinajstić information content (AvgIpc) is 2.89. The number of hydrogen-bond acceptors (Lipinski definition) is 3. The van der Waals surface area contributed by atoms with Gasteiger partial charge in [-0.15, -0.1) is 0 Å². The summed E-state index contributed by atoms with van der Waals surface area (Å²) in [5.41, 5.74) is 0. The molecule has 0 spiro atoms. The number of nitrogens with zero attached hydrogens (tertiary/aromatic N) is 1. The standard InChI is InChI=1S/C15H28N2O2/c1-12(2)14-4-3-10-17(14)15(18)7-11-19-13-5-8-16-9-6-13/h12-14,16H,3-11H2,1-2H3. The van der Waals surface area contributed by atoms with Crippen LogP contribution in [0.1, 0.15) is 46.0 Å². The third-order valence-corrected chi connectivity index (χ3v) is 4.34. The maximum atomic E-state index is 12.2. The van der Waals surface area contributed by atoms with E-state index in [1.807, 2.05) is 0 Å². The highest BCUT2D eigenvalue weighted by atomic mass is 16.5. The normalized spacial score (nSPS) is 25.2. The number of piperidine rings is 1. The fourth-order valence-electron chi connectivity index (χ4n) is 3.21. The van der Waals surface area contributed by atoms with Crippen LogP contribution >= 0.6 is 0 Å². The molecule has 1 amide bonds. The lowest BCUT2D eigenvalue weighted by Gasteiger charge is -2.28. The number of nitrogens with one attached hydrogen (secondary N) is 1. The topological polar surface area (TPSA) is 41.6 Å². The Hall–Kier alpha value is -0.610. The number of likely N-dealkylation sites (tertiary alicyclic amines) is 1. The van der Waals surface area contributed by atoms with Crippen molar-refractivity contribution in [3.8, 4) is 0 Å². The molecular formula is C15H28N2O2. The second kappa shape index (κ2) is 7.25. The minimum atomic E-state index is 0.283. The molecule has 0 radical (unpaired) electrons. The summed E-state index contributed by atoms with van der Waals surface area (Å²) in [6.07, 6.45) is 5.38. The summed E-state index contributed by atoms with van der Waals surface area (Å²) in [4.78, 5) is 14.3. The van der Waals surface area contributed by atoms with E-state index in [2.05, 4.69) is 24.1 Å². The molecule has 2 aliphatic heterocycles. The molecule has 1 N–H and O–H groups in total. The molecule has 1 atom stereocenters. The molecule has 0 saturated carbocycles.